The fourth-order valence-corrected chi connectivity index (χ4v) is 3.44. The number of rotatable bonds is 5. The van der Waals surface area contributed by atoms with E-state index in [4.69, 9.17) is 0 Å². The highest BCUT2D eigenvalue weighted by Crippen LogP contribution is 2.35. The van der Waals surface area contributed by atoms with E-state index < -0.39 is 11.4 Å². The van der Waals surface area contributed by atoms with Crippen LogP contribution in [0.5, 0.6) is 0 Å². The number of piperidine rings is 1. The molecule has 2 rings (SSSR count). The molecule has 1 atom stereocenters. The van der Waals surface area contributed by atoms with Crippen LogP contribution in [0.25, 0.3) is 0 Å². The third kappa shape index (κ3) is 3.36. The molecule has 0 aliphatic carbocycles. The molecule has 0 saturated carbocycles. The van der Waals surface area contributed by atoms with Crippen LogP contribution in [0.1, 0.15) is 45.4 Å². The molecule has 2 aliphatic heterocycles. The first kappa shape index (κ1) is 15.8. The Morgan fingerprint density at radius 2 is 2.05 bits per heavy atom. The number of carboxylic acid groups (broad SMARTS) is 1. The van der Waals surface area contributed by atoms with Gasteiger partial charge in [0.25, 0.3) is 0 Å². The molecule has 1 unspecified atom stereocenters. The van der Waals surface area contributed by atoms with E-state index in [0.717, 1.165) is 12.8 Å². The second-order valence-corrected chi connectivity index (χ2v) is 6.17. The van der Waals surface area contributed by atoms with Crippen LogP contribution < -0.4 is 0 Å². The minimum atomic E-state index is -0.808. The average Bonchev–Trinajstić information content (AvgIpc) is 2.84. The van der Waals surface area contributed by atoms with Crippen LogP contribution in [-0.2, 0) is 14.4 Å². The Hall–Kier alpha value is -1.59. The molecule has 1 N–H and O–H groups in total. The third-order valence-electron chi connectivity index (χ3n) is 4.61. The zero-order valence-electron chi connectivity index (χ0n) is 12.6. The first-order valence-electron chi connectivity index (χ1n) is 7.77. The number of amides is 2. The van der Waals surface area contributed by atoms with Gasteiger partial charge in [-0.15, -0.1) is 0 Å². The van der Waals surface area contributed by atoms with E-state index in [2.05, 4.69) is 0 Å². The quantitative estimate of drug-likeness (QED) is 0.824. The number of carbonyl (C=O) groups is 3. The van der Waals surface area contributed by atoms with E-state index in [1.807, 2.05) is 6.92 Å². The van der Waals surface area contributed by atoms with Gasteiger partial charge in [0.2, 0.25) is 11.8 Å². The maximum Gasteiger partial charge on any atom is 0.311 e. The SMILES string of the molecule is CCCC1(C(=O)O)CCCN(C(=O)CN2CCCC2=O)C1. The summed E-state index contributed by atoms with van der Waals surface area (Å²) in [4.78, 5) is 38.8. The topological polar surface area (TPSA) is 77.9 Å². The molecule has 0 radical (unpaired) electrons. The molecule has 0 bridgehead atoms. The summed E-state index contributed by atoms with van der Waals surface area (Å²) in [6, 6.07) is 0. The number of nitrogens with zero attached hydrogens (tertiary/aromatic N) is 2. The molecule has 6 nitrogen and oxygen atoms in total. The third-order valence-corrected chi connectivity index (χ3v) is 4.61. The van der Waals surface area contributed by atoms with E-state index >= 15 is 0 Å². The predicted octanol–water partition coefficient (Wildman–Crippen LogP) is 1.10. The van der Waals surface area contributed by atoms with Crippen LogP contribution in [0.3, 0.4) is 0 Å². The van der Waals surface area contributed by atoms with E-state index in [-0.39, 0.29) is 24.9 Å². The van der Waals surface area contributed by atoms with Crippen molar-refractivity contribution in [2.45, 2.75) is 45.4 Å². The van der Waals surface area contributed by atoms with Gasteiger partial charge in [-0.25, -0.2) is 0 Å². The summed E-state index contributed by atoms with van der Waals surface area (Å²) in [5, 5.41) is 9.54. The van der Waals surface area contributed by atoms with E-state index in [1.165, 1.54) is 0 Å². The summed E-state index contributed by atoms with van der Waals surface area (Å²) < 4.78 is 0. The van der Waals surface area contributed by atoms with Crippen LogP contribution in [0.15, 0.2) is 0 Å². The number of hydrogen-bond acceptors (Lipinski definition) is 3. The second-order valence-electron chi connectivity index (χ2n) is 6.17. The lowest BCUT2D eigenvalue weighted by Gasteiger charge is -2.40. The van der Waals surface area contributed by atoms with Gasteiger partial charge in [0.15, 0.2) is 0 Å². The van der Waals surface area contributed by atoms with Gasteiger partial charge in [0.1, 0.15) is 0 Å². The second kappa shape index (κ2) is 6.45. The average molecular weight is 296 g/mol. The van der Waals surface area contributed by atoms with Crippen LogP contribution >= 0.6 is 0 Å². The van der Waals surface area contributed by atoms with Gasteiger partial charge in [-0.3, -0.25) is 14.4 Å². The minimum absolute atomic E-state index is 0.0263. The van der Waals surface area contributed by atoms with Crippen molar-refractivity contribution in [3.05, 3.63) is 0 Å². The van der Waals surface area contributed by atoms with Gasteiger partial charge in [0.05, 0.1) is 12.0 Å². The normalized spacial score (nSPS) is 26.2. The molecule has 2 aliphatic rings. The monoisotopic (exact) mass is 296 g/mol. The Kier molecular flexibility index (Phi) is 4.85. The highest BCUT2D eigenvalue weighted by molar-refractivity contribution is 5.86. The first-order chi connectivity index (χ1) is 9.98. The smallest absolute Gasteiger partial charge is 0.311 e. The number of aliphatic carboxylic acids is 1. The molecule has 2 heterocycles. The summed E-state index contributed by atoms with van der Waals surface area (Å²) in [7, 11) is 0. The molecule has 0 spiro atoms. The first-order valence-corrected chi connectivity index (χ1v) is 7.77. The lowest BCUT2D eigenvalue weighted by atomic mass is 9.76. The Morgan fingerprint density at radius 3 is 2.62 bits per heavy atom. The molecule has 2 amide bonds. The number of carboxylic acids is 1. The van der Waals surface area contributed by atoms with Crippen LogP contribution in [0.2, 0.25) is 0 Å². The number of carbonyl (C=O) groups excluding carboxylic acids is 2. The molecular weight excluding hydrogens is 272 g/mol. The molecule has 21 heavy (non-hydrogen) atoms. The Bertz CT molecular complexity index is 433. The van der Waals surface area contributed by atoms with Crippen molar-refractivity contribution in [2.75, 3.05) is 26.2 Å². The van der Waals surface area contributed by atoms with Crippen molar-refractivity contribution in [3.8, 4) is 0 Å². The molecular formula is C15H24N2O4. The van der Waals surface area contributed by atoms with Gasteiger partial charge in [-0.05, 0) is 25.7 Å². The highest BCUT2D eigenvalue weighted by atomic mass is 16.4. The molecule has 2 fully saturated rings. The molecule has 0 aromatic heterocycles. The van der Waals surface area contributed by atoms with Crippen molar-refractivity contribution in [1.29, 1.82) is 0 Å². The molecule has 2 saturated heterocycles. The highest BCUT2D eigenvalue weighted by Gasteiger charge is 2.43. The Morgan fingerprint density at radius 1 is 1.29 bits per heavy atom. The number of hydrogen-bond donors (Lipinski definition) is 1. The van der Waals surface area contributed by atoms with Crippen molar-refractivity contribution >= 4 is 17.8 Å². The number of likely N-dealkylation sites (tertiary alicyclic amines) is 2. The molecule has 118 valence electrons. The molecule has 0 aromatic carbocycles. The summed E-state index contributed by atoms with van der Waals surface area (Å²) in [5.74, 6) is -0.899. The zero-order chi connectivity index (χ0) is 15.5. The fourth-order valence-electron chi connectivity index (χ4n) is 3.44. The molecule has 6 heteroatoms. The van der Waals surface area contributed by atoms with E-state index in [0.29, 0.717) is 38.8 Å². The maximum absolute atomic E-state index is 12.4. The van der Waals surface area contributed by atoms with Crippen LogP contribution in [0.4, 0.5) is 0 Å². The summed E-state index contributed by atoms with van der Waals surface area (Å²) in [6.07, 6.45) is 4.05. The van der Waals surface area contributed by atoms with Crippen LogP contribution in [-0.4, -0.2) is 58.9 Å². The van der Waals surface area contributed by atoms with E-state index in [1.54, 1.807) is 9.80 Å². The zero-order valence-corrected chi connectivity index (χ0v) is 12.6. The lowest BCUT2D eigenvalue weighted by Crippen LogP contribution is -2.52. The summed E-state index contributed by atoms with van der Waals surface area (Å²) in [5.41, 5.74) is -0.808. The van der Waals surface area contributed by atoms with Gasteiger partial charge in [-0.2, -0.15) is 0 Å². The largest absolute Gasteiger partial charge is 0.481 e. The van der Waals surface area contributed by atoms with E-state index in [9.17, 15) is 19.5 Å². The summed E-state index contributed by atoms with van der Waals surface area (Å²) in [6.45, 7) is 3.57. The van der Waals surface area contributed by atoms with Crippen molar-refractivity contribution in [1.82, 2.24) is 9.80 Å². The lowest BCUT2D eigenvalue weighted by molar-refractivity contribution is -0.156. The van der Waals surface area contributed by atoms with Gasteiger partial charge in [-0.1, -0.05) is 13.3 Å². The minimum Gasteiger partial charge on any atom is -0.481 e. The van der Waals surface area contributed by atoms with Crippen LogP contribution in [0, 0.1) is 5.41 Å². The fraction of sp³-hybridized carbons (Fsp3) is 0.800. The predicted molar refractivity (Wildman–Crippen MR) is 76.6 cm³/mol. The Labute approximate surface area is 125 Å². The standard InChI is InChI=1S/C15H24N2O4/c1-2-6-15(14(20)21)7-4-9-17(11-15)13(19)10-16-8-3-5-12(16)18/h2-11H2,1H3,(H,20,21). The molecule has 0 aromatic rings. The van der Waals surface area contributed by atoms with Crippen molar-refractivity contribution in [3.63, 3.8) is 0 Å². The van der Waals surface area contributed by atoms with Crippen molar-refractivity contribution < 1.29 is 19.5 Å². The summed E-state index contributed by atoms with van der Waals surface area (Å²) >= 11 is 0. The maximum atomic E-state index is 12.4. The van der Waals surface area contributed by atoms with Gasteiger partial charge in [0, 0.05) is 26.1 Å². The Balaban J connectivity index is 2.00. The van der Waals surface area contributed by atoms with Crippen molar-refractivity contribution in [2.24, 2.45) is 5.41 Å². The van der Waals surface area contributed by atoms with Gasteiger partial charge < -0.3 is 14.9 Å². The van der Waals surface area contributed by atoms with Gasteiger partial charge >= 0.3 is 5.97 Å².